The number of hydrogen-bond donors (Lipinski definition) is 1. The third-order valence-electron chi connectivity index (χ3n) is 6.94. The maximum Gasteiger partial charge on any atom is 0.315 e. The van der Waals surface area contributed by atoms with Crippen molar-refractivity contribution < 1.29 is 9.59 Å². The maximum absolute atomic E-state index is 13.1. The van der Waals surface area contributed by atoms with Crippen molar-refractivity contribution in [3.63, 3.8) is 0 Å². The molecule has 36 heavy (non-hydrogen) atoms. The molecule has 1 fully saturated rings. The van der Waals surface area contributed by atoms with E-state index in [4.69, 9.17) is 0 Å². The Kier molecular flexibility index (Phi) is 6.45. The molecule has 2 aromatic carbocycles. The lowest BCUT2D eigenvalue weighted by Crippen LogP contribution is -2.56. The summed E-state index contributed by atoms with van der Waals surface area (Å²) in [6.45, 7) is 7.95. The summed E-state index contributed by atoms with van der Waals surface area (Å²) in [5.74, 6) is -1.17. The van der Waals surface area contributed by atoms with Gasteiger partial charge in [-0.15, -0.1) is 11.3 Å². The molecule has 184 valence electrons. The molecule has 3 heterocycles. The van der Waals surface area contributed by atoms with Crippen LogP contribution in [-0.2, 0) is 15.0 Å². The Bertz CT molecular complexity index is 1400. The van der Waals surface area contributed by atoms with E-state index in [1.165, 1.54) is 11.3 Å². The van der Waals surface area contributed by atoms with Gasteiger partial charge in [0.1, 0.15) is 0 Å². The van der Waals surface area contributed by atoms with Crippen LogP contribution in [0.4, 0.5) is 10.8 Å². The first-order valence-corrected chi connectivity index (χ1v) is 12.9. The van der Waals surface area contributed by atoms with E-state index in [0.717, 1.165) is 27.7 Å². The number of carbonyl (C=O) groups is 2. The lowest BCUT2D eigenvalue weighted by Gasteiger charge is -2.41. The van der Waals surface area contributed by atoms with Gasteiger partial charge in [0, 0.05) is 65.3 Å². The summed E-state index contributed by atoms with van der Waals surface area (Å²) in [5, 5.41) is 7.32. The van der Waals surface area contributed by atoms with E-state index in [-0.39, 0.29) is 11.5 Å². The van der Waals surface area contributed by atoms with Crippen LogP contribution in [0.1, 0.15) is 32.0 Å². The fraction of sp³-hybridized carbons (Fsp3) is 0.286. The van der Waals surface area contributed by atoms with Gasteiger partial charge in [-0.3, -0.25) is 19.9 Å². The Morgan fingerprint density at radius 2 is 1.86 bits per heavy atom. The smallest absolute Gasteiger partial charge is 0.315 e. The molecule has 1 N–H and O–H groups in total. The fourth-order valence-corrected chi connectivity index (χ4v) is 5.63. The van der Waals surface area contributed by atoms with Gasteiger partial charge < -0.3 is 9.80 Å². The third-order valence-corrected chi connectivity index (χ3v) is 7.70. The zero-order chi connectivity index (χ0) is 25.3. The van der Waals surface area contributed by atoms with Gasteiger partial charge in [0.2, 0.25) is 0 Å². The minimum absolute atomic E-state index is 0.113. The molecule has 4 aromatic rings. The number of hydrogen-bond acceptors (Lipinski definition) is 6. The number of nitrogens with one attached hydrogen (secondary N) is 1. The van der Waals surface area contributed by atoms with E-state index in [9.17, 15) is 9.59 Å². The predicted octanol–water partition coefficient (Wildman–Crippen LogP) is 4.69. The second kappa shape index (κ2) is 9.70. The number of aromatic nitrogens is 2. The summed E-state index contributed by atoms with van der Waals surface area (Å²) in [4.78, 5) is 38.7. The topological polar surface area (TPSA) is 78.4 Å². The average molecular weight is 500 g/mol. The minimum Gasteiger partial charge on any atom is -0.367 e. The molecule has 0 spiro atoms. The molecule has 2 amide bonds. The normalized spacial score (nSPS) is 16.2. The molecule has 1 unspecified atom stereocenters. The van der Waals surface area contributed by atoms with E-state index >= 15 is 0 Å². The Balaban J connectivity index is 1.24. The second-order valence-electron chi connectivity index (χ2n) is 9.65. The number of anilines is 2. The van der Waals surface area contributed by atoms with Crippen molar-refractivity contribution in [2.45, 2.75) is 32.2 Å². The standard InChI is InChI=1S/C28H29N5O2S/c1-19-17-32(23-11-7-8-20-16-29-13-12-22(20)23)14-15-33(19)26(35)25(34)31-27-30-24(18-36-27)28(2,3)21-9-5-4-6-10-21/h4-13,16,18-19H,14-15,17H2,1-3H3,(H,30,31,34). The Hall–Kier alpha value is -3.78. The monoisotopic (exact) mass is 499 g/mol. The molecule has 0 bridgehead atoms. The number of piperazine rings is 1. The van der Waals surface area contributed by atoms with Crippen LogP contribution in [0, 0.1) is 0 Å². The van der Waals surface area contributed by atoms with Crippen LogP contribution in [-0.4, -0.2) is 52.4 Å². The molecule has 0 saturated carbocycles. The van der Waals surface area contributed by atoms with Crippen LogP contribution >= 0.6 is 11.3 Å². The van der Waals surface area contributed by atoms with Crippen molar-refractivity contribution in [3.8, 4) is 0 Å². The summed E-state index contributed by atoms with van der Waals surface area (Å²) < 4.78 is 0. The molecule has 0 aliphatic carbocycles. The van der Waals surface area contributed by atoms with Gasteiger partial charge in [-0.1, -0.05) is 56.3 Å². The van der Waals surface area contributed by atoms with E-state index in [0.29, 0.717) is 24.8 Å². The van der Waals surface area contributed by atoms with E-state index in [1.807, 2.05) is 54.9 Å². The van der Waals surface area contributed by atoms with Crippen molar-refractivity contribution in [1.82, 2.24) is 14.9 Å². The quantitative estimate of drug-likeness (QED) is 0.412. The summed E-state index contributed by atoms with van der Waals surface area (Å²) >= 11 is 1.34. The molecule has 1 saturated heterocycles. The molecule has 7 nitrogen and oxygen atoms in total. The molecule has 8 heteroatoms. The maximum atomic E-state index is 13.1. The number of carbonyl (C=O) groups excluding carboxylic acids is 2. The molecular formula is C28H29N5O2S. The SMILES string of the molecule is CC1CN(c2cccc3cnccc23)CCN1C(=O)C(=O)Nc1nc(C(C)(C)c2ccccc2)cs1. The number of nitrogens with zero attached hydrogens (tertiary/aromatic N) is 4. The largest absolute Gasteiger partial charge is 0.367 e. The predicted molar refractivity (Wildman–Crippen MR) is 144 cm³/mol. The highest BCUT2D eigenvalue weighted by atomic mass is 32.1. The van der Waals surface area contributed by atoms with Gasteiger partial charge >= 0.3 is 11.8 Å². The Morgan fingerprint density at radius 1 is 1.06 bits per heavy atom. The number of thiazole rings is 1. The lowest BCUT2D eigenvalue weighted by atomic mass is 9.82. The van der Waals surface area contributed by atoms with Crippen LogP contribution < -0.4 is 10.2 Å². The zero-order valence-corrected chi connectivity index (χ0v) is 21.5. The van der Waals surface area contributed by atoms with E-state index in [2.05, 4.69) is 52.2 Å². The zero-order valence-electron chi connectivity index (χ0n) is 20.6. The van der Waals surface area contributed by atoms with Gasteiger partial charge in [0.05, 0.1) is 5.69 Å². The van der Waals surface area contributed by atoms with Crippen LogP contribution in [0.2, 0.25) is 0 Å². The number of amides is 2. The van der Waals surface area contributed by atoms with Gasteiger partial charge in [0.15, 0.2) is 5.13 Å². The van der Waals surface area contributed by atoms with Crippen LogP contribution in [0.25, 0.3) is 10.8 Å². The first-order valence-electron chi connectivity index (χ1n) is 12.1. The first-order chi connectivity index (χ1) is 17.3. The van der Waals surface area contributed by atoms with Crippen LogP contribution in [0.5, 0.6) is 0 Å². The number of rotatable bonds is 4. The summed E-state index contributed by atoms with van der Waals surface area (Å²) in [6, 6.07) is 18.2. The molecule has 1 aliphatic rings. The lowest BCUT2D eigenvalue weighted by molar-refractivity contribution is -0.144. The average Bonchev–Trinajstić information content (AvgIpc) is 3.38. The highest BCUT2D eigenvalue weighted by Gasteiger charge is 2.32. The van der Waals surface area contributed by atoms with Crippen molar-refractivity contribution in [1.29, 1.82) is 0 Å². The number of fused-ring (bicyclic) bond motifs is 1. The Morgan fingerprint density at radius 3 is 2.64 bits per heavy atom. The van der Waals surface area contributed by atoms with Gasteiger partial charge in [-0.25, -0.2) is 4.98 Å². The Labute approximate surface area is 214 Å². The molecule has 0 radical (unpaired) electrons. The van der Waals surface area contributed by atoms with Crippen molar-refractivity contribution in [3.05, 3.63) is 83.6 Å². The third kappa shape index (κ3) is 4.56. The second-order valence-corrected chi connectivity index (χ2v) is 10.5. The molecule has 1 atom stereocenters. The van der Waals surface area contributed by atoms with Gasteiger partial charge in [-0.2, -0.15) is 0 Å². The first kappa shape index (κ1) is 23.9. The highest BCUT2D eigenvalue weighted by molar-refractivity contribution is 7.14. The molecule has 1 aliphatic heterocycles. The van der Waals surface area contributed by atoms with Crippen molar-refractivity contribution >= 4 is 44.7 Å². The summed E-state index contributed by atoms with van der Waals surface area (Å²) in [6.07, 6.45) is 3.65. The minimum atomic E-state index is -0.648. The van der Waals surface area contributed by atoms with E-state index < -0.39 is 11.8 Å². The van der Waals surface area contributed by atoms with Crippen molar-refractivity contribution in [2.75, 3.05) is 29.9 Å². The molecule has 5 rings (SSSR count). The summed E-state index contributed by atoms with van der Waals surface area (Å²) in [5.41, 5.74) is 2.80. The van der Waals surface area contributed by atoms with Crippen LogP contribution in [0.15, 0.2) is 72.4 Å². The molecule has 2 aromatic heterocycles. The summed E-state index contributed by atoms with van der Waals surface area (Å²) in [7, 11) is 0. The fourth-order valence-electron chi connectivity index (χ4n) is 4.76. The van der Waals surface area contributed by atoms with Gasteiger partial charge in [-0.05, 0) is 24.6 Å². The molecular weight excluding hydrogens is 470 g/mol. The highest BCUT2D eigenvalue weighted by Crippen LogP contribution is 2.33. The van der Waals surface area contributed by atoms with Crippen molar-refractivity contribution in [2.24, 2.45) is 0 Å². The number of pyridine rings is 1. The van der Waals surface area contributed by atoms with E-state index in [1.54, 1.807) is 11.1 Å². The number of benzene rings is 2. The van der Waals surface area contributed by atoms with Gasteiger partial charge in [0.25, 0.3) is 0 Å². The van der Waals surface area contributed by atoms with Crippen LogP contribution in [0.3, 0.4) is 0 Å².